The molecule has 10 heteroatoms. The standard InChI is InChI=1S/C23H25F3N4O3/c1-3-19(23(24,25)26)30-21(27)17(13-31)20(29-30)15-10-8-14(9-11-15)12-28-22(32)16-6-4-5-7-18(16)33-2/h4-11,13,19-20,29H,3,12,27H2,1-2H3,(H,28,32). The molecule has 33 heavy (non-hydrogen) atoms. The number of ether oxygens (including phenoxy) is 1. The summed E-state index contributed by atoms with van der Waals surface area (Å²) >= 11 is 0. The van der Waals surface area contributed by atoms with Gasteiger partial charge in [0.25, 0.3) is 5.91 Å². The minimum atomic E-state index is -4.52. The minimum Gasteiger partial charge on any atom is -0.496 e. The fourth-order valence-corrected chi connectivity index (χ4v) is 3.70. The van der Waals surface area contributed by atoms with Gasteiger partial charge in [0.1, 0.15) is 17.6 Å². The first kappa shape index (κ1) is 24.1. The van der Waals surface area contributed by atoms with Crippen molar-refractivity contribution in [1.29, 1.82) is 0 Å². The number of nitrogens with zero attached hydrogens (tertiary/aromatic N) is 1. The third-order valence-electron chi connectivity index (χ3n) is 5.46. The third-order valence-corrected chi connectivity index (χ3v) is 5.46. The molecule has 0 saturated heterocycles. The molecule has 1 heterocycles. The number of hydrogen-bond acceptors (Lipinski definition) is 6. The molecule has 7 nitrogen and oxygen atoms in total. The Kier molecular flexibility index (Phi) is 7.27. The highest BCUT2D eigenvalue weighted by Gasteiger charge is 2.47. The topological polar surface area (TPSA) is 96.7 Å². The lowest BCUT2D eigenvalue weighted by molar-refractivity contribution is -0.186. The highest BCUT2D eigenvalue weighted by atomic mass is 19.4. The van der Waals surface area contributed by atoms with Crippen LogP contribution in [0.15, 0.2) is 59.9 Å². The molecule has 1 aliphatic rings. The second kappa shape index (κ2) is 9.95. The van der Waals surface area contributed by atoms with Gasteiger partial charge in [-0.1, -0.05) is 43.3 Å². The Morgan fingerprint density at radius 2 is 1.91 bits per heavy atom. The molecule has 3 rings (SSSR count). The lowest BCUT2D eigenvalue weighted by atomic mass is 10.00. The molecule has 0 fully saturated rings. The number of hydrogen-bond donors (Lipinski definition) is 3. The summed E-state index contributed by atoms with van der Waals surface area (Å²) in [7, 11) is 1.48. The number of carbonyl (C=O) groups is 2. The largest absolute Gasteiger partial charge is 0.496 e. The Balaban J connectivity index is 1.72. The van der Waals surface area contributed by atoms with E-state index in [0.29, 0.717) is 23.2 Å². The summed E-state index contributed by atoms with van der Waals surface area (Å²) < 4.78 is 45.4. The first-order chi connectivity index (χ1) is 15.7. The Morgan fingerprint density at radius 3 is 2.48 bits per heavy atom. The number of nitrogens with one attached hydrogen (secondary N) is 2. The molecular weight excluding hydrogens is 437 g/mol. The molecule has 1 aliphatic heterocycles. The summed E-state index contributed by atoms with van der Waals surface area (Å²) in [5.74, 6) is -0.0918. The van der Waals surface area contributed by atoms with Crippen molar-refractivity contribution in [3.8, 4) is 5.75 Å². The van der Waals surface area contributed by atoms with Gasteiger partial charge in [0, 0.05) is 6.54 Å². The SMILES string of the molecule is CCC(N1NC(c2ccc(CNC(=O)c3ccccc3OC)cc2)C(C=O)=C1N)C(F)(F)F. The molecule has 2 unspecified atom stereocenters. The lowest BCUT2D eigenvalue weighted by Gasteiger charge is -2.31. The van der Waals surface area contributed by atoms with Crippen LogP contribution >= 0.6 is 0 Å². The summed E-state index contributed by atoms with van der Waals surface area (Å²) in [5.41, 5.74) is 10.4. The zero-order valence-corrected chi connectivity index (χ0v) is 18.1. The van der Waals surface area contributed by atoms with Crippen molar-refractivity contribution < 1.29 is 27.5 Å². The molecule has 0 bridgehead atoms. The fraction of sp³-hybridized carbons (Fsp3) is 0.304. The quantitative estimate of drug-likeness (QED) is 0.522. The maximum Gasteiger partial charge on any atom is 0.410 e. The molecule has 2 aromatic carbocycles. The smallest absolute Gasteiger partial charge is 0.410 e. The van der Waals surface area contributed by atoms with Crippen molar-refractivity contribution in [1.82, 2.24) is 15.8 Å². The average Bonchev–Trinajstić information content (AvgIpc) is 3.13. The van der Waals surface area contributed by atoms with Gasteiger partial charge in [0.2, 0.25) is 0 Å². The molecule has 0 aromatic heterocycles. The van der Waals surface area contributed by atoms with Gasteiger partial charge >= 0.3 is 6.18 Å². The van der Waals surface area contributed by atoms with E-state index in [1.54, 1.807) is 48.5 Å². The van der Waals surface area contributed by atoms with Crippen molar-refractivity contribution in [2.45, 2.75) is 38.1 Å². The monoisotopic (exact) mass is 462 g/mol. The van der Waals surface area contributed by atoms with Crippen LogP contribution in [-0.2, 0) is 11.3 Å². The van der Waals surface area contributed by atoms with Crippen LogP contribution in [0.4, 0.5) is 13.2 Å². The van der Waals surface area contributed by atoms with E-state index < -0.39 is 18.3 Å². The van der Waals surface area contributed by atoms with Crippen LogP contribution in [0.3, 0.4) is 0 Å². The number of rotatable bonds is 8. The van der Waals surface area contributed by atoms with Crippen molar-refractivity contribution in [3.05, 3.63) is 76.6 Å². The molecule has 1 amide bonds. The number of benzene rings is 2. The van der Waals surface area contributed by atoms with Crippen LogP contribution < -0.4 is 21.2 Å². The van der Waals surface area contributed by atoms with E-state index in [2.05, 4.69) is 10.7 Å². The Morgan fingerprint density at radius 1 is 1.24 bits per heavy atom. The highest BCUT2D eigenvalue weighted by Crippen LogP contribution is 2.35. The number of aldehydes is 1. The van der Waals surface area contributed by atoms with Gasteiger partial charge in [0.05, 0.1) is 24.3 Å². The number of nitrogens with two attached hydrogens (primary N) is 1. The zero-order valence-electron chi connectivity index (χ0n) is 18.1. The van der Waals surface area contributed by atoms with Crippen LogP contribution in [-0.4, -0.2) is 36.5 Å². The molecule has 2 atom stereocenters. The van der Waals surface area contributed by atoms with E-state index >= 15 is 0 Å². The van der Waals surface area contributed by atoms with Gasteiger partial charge in [-0.15, -0.1) is 0 Å². The Bertz CT molecular complexity index is 1040. The molecule has 2 aromatic rings. The first-order valence-corrected chi connectivity index (χ1v) is 10.3. The molecule has 0 spiro atoms. The maximum atomic E-state index is 13.4. The van der Waals surface area contributed by atoms with E-state index in [9.17, 15) is 22.8 Å². The van der Waals surface area contributed by atoms with Gasteiger partial charge in [-0.2, -0.15) is 13.2 Å². The summed E-state index contributed by atoms with van der Waals surface area (Å²) in [5, 5.41) is 3.61. The third kappa shape index (κ3) is 5.11. The number of amides is 1. The van der Waals surface area contributed by atoms with E-state index in [1.165, 1.54) is 14.0 Å². The second-order valence-corrected chi connectivity index (χ2v) is 7.48. The van der Waals surface area contributed by atoms with Gasteiger partial charge in [-0.05, 0) is 29.7 Å². The first-order valence-electron chi connectivity index (χ1n) is 10.3. The molecular formula is C23H25F3N4O3. The van der Waals surface area contributed by atoms with Crippen LogP contribution in [0.5, 0.6) is 5.75 Å². The Hall–Kier alpha value is -3.53. The van der Waals surface area contributed by atoms with Gasteiger partial charge in [-0.3, -0.25) is 14.6 Å². The molecule has 0 radical (unpaired) electrons. The zero-order chi connectivity index (χ0) is 24.2. The molecule has 0 saturated carbocycles. The molecule has 4 N–H and O–H groups in total. The summed E-state index contributed by atoms with van der Waals surface area (Å²) in [6, 6.07) is 11.0. The van der Waals surface area contributed by atoms with E-state index in [0.717, 1.165) is 10.6 Å². The fourth-order valence-electron chi connectivity index (χ4n) is 3.70. The average molecular weight is 462 g/mol. The van der Waals surface area contributed by atoms with Crippen molar-refractivity contribution in [2.24, 2.45) is 5.73 Å². The normalized spacial score (nSPS) is 17.1. The van der Waals surface area contributed by atoms with Crippen LogP contribution in [0, 0.1) is 0 Å². The van der Waals surface area contributed by atoms with Crippen LogP contribution in [0.25, 0.3) is 0 Å². The number of hydrazine groups is 1. The highest BCUT2D eigenvalue weighted by molar-refractivity contribution is 5.96. The summed E-state index contributed by atoms with van der Waals surface area (Å²) in [6.45, 7) is 1.63. The summed E-state index contributed by atoms with van der Waals surface area (Å²) in [4.78, 5) is 24.0. The number of carbonyl (C=O) groups excluding carboxylic acids is 2. The van der Waals surface area contributed by atoms with E-state index in [-0.39, 0.29) is 30.3 Å². The predicted octanol–water partition coefficient (Wildman–Crippen LogP) is 3.20. The van der Waals surface area contributed by atoms with E-state index in [1.807, 2.05) is 0 Å². The lowest BCUT2D eigenvalue weighted by Crippen LogP contribution is -2.50. The number of alkyl halides is 3. The van der Waals surface area contributed by atoms with Crippen molar-refractivity contribution in [2.75, 3.05) is 7.11 Å². The Labute approximate surface area is 189 Å². The minimum absolute atomic E-state index is 0.0370. The van der Waals surface area contributed by atoms with Crippen LogP contribution in [0.1, 0.15) is 40.9 Å². The number of para-hydroxylation sites is 1. The van der Waals surface area contributed by atoms with Crippen molar-refractivity contribution >= 4 is 12.2 Å². The predicted molar refractivity (Wildman–Crippen MR) is 116 cm³/mol. The maximum absolute atomic E-state index is 13.4. The number of methoxy groups -OCH3 is 1. The number of halogens is 3. The van der Waals surface area contributed by atoms with Crippen LogP contribution in [0.2, 0.25) is 0 Å². The summed E-state index contributed by atoms with van der Waals surface area (Å²) in [6.07, 6.45) is -4.28. The van der Waals surface area contributed by atoms with Gasteiger partial charge in [-0.25, -0.2) is 5.43 Å². The van der Waals surface area contributed by atoms with Gasteiger partial charge in [0.15, 0.2) is 6.29 Å². The van der Waals surface area contributed by atoms with E-state index in [4.69, 9.17) is 10.5 Å². The molecule has 0 aliphatic carbocycles. The van der Waals surface area contributed by atoms with Crippen molar-refractivity contribution in [3.63, 3.8) is 0 Å². The van der Waals surface area contributed by atoms with Gasteiger partial charge < -0.3 is 15.8 Å². The molecule has 176 valence electrons. The second-order valence-electron chi connectivity index (χ2n) is 7.48.